The van der Waals surface area contributed by atoms with Gasteiger partial charge in [0.25, 0.3) is 0 Å². The van der Waals surface area contributed by atoms with Gasteiger partial charge in [-0.1, -0.05) is 364 Å². The third kappa shape index (κ3) is 16.1. The maximum absolute atomic E-state index is 6.61. The molecule has 147 heavy (non-hydrogen) atoms. The largest absolute Gasteiger partial charge is 0.456 e. The second-order valence-corrected chi connectivity index (χ2v) is 37.5. The molecule has 12 nitrogen and oxygen atoms in total. The van der Waals surface area contributed by atoms with E-state index in [1.807, 2.05) is 36.4 Å². The first kappa shape index (κ1) is 85.1. The van der Waals surface area contributed by atoms with Crippen LogP contribution < -0.4 is 0 Å². The van der Waals surface area contributed by atoms with Crippen LogP contribution in [0.4, 0.5) is 0 Å². The van der Waals surface area contributed by atoms with Crippen LogP contribution in [0.3, 0.4) is 0 Å². The molecule has 0 unspecified atom stereocenters. The van der Waals surface area contributed by atoms with Crippen LogP contribution >= 0.6 is 0 Å². The molecule has 6 heterocycles. The molecule has 0 N–H and O–H groups in total. The second kappa shape index (κ2) is 35.7. The van der Waals surface area contributed by atoms with Crippen LogP contribution in [0.25, 0.3) is 299 Å². The highest BCUT2D eigenvalue weighted by molar-refractivity contribution is 6.15. The molecular formula is C135H81N9O3. The second-order valence-electron chi connectivity index (χ2n) is 37.5. The molecule has 0 aliphatic carbocycles. The minimum absolute atomic E-state index is 0.570. The zero-order valence-electron chi connectivity index (χ0n) is 79.0. The molecular weight excluding hydrogens is 1800 g/mol. The molecule has 684 valence electrons. The summed E-state index contributed by atoms with van der Waals surface area (Å²) in [5.41, 5.74) is 20.2. The molecule has 0 aliphatic heterocycles. The third-order valence-corrected chi connectivity index (χ3v) is 28.3. The Morgan fingerprint density at radius 1 is 0.109 bits per heavy atom. The van der Waals surface area contributed by atoms with Gasteiger partial charge in [-0.3, -0.25) is 0 Å². The van der Waals surface area contributed by atoms with Crippen LogP contribution in [-0.2, 0) is 0 Å². The Morgan fingerprint density at radius 2 is 0.340 bits per heavy atom. The maximum atomic E-state index is 6.61. The summed E-state index contributed by atoms with van der Waals surface area (Å²) < 4.78 is 19.3. The van der Waals surface area contributed by atoms with Crippen LogP contribution in [-0.4, -0.2) is 44.9 Å². The van der Waals surface area contributed by atoms with Gasteiger partial charge in [0.05, 0.1) is 5.56 Å². The number of para-hydroxylation sites is 1. The average Bonchev–Trinajstić information content (AvgIpc) is 1.61. The van der Waals surface area contributed by atoms with Crippen LogP contribution in [0.5, 0.6) is 0 Å². The Morgan fingerprint density at radius 3 is 0.701 bits per heavy atom. The molecule has 0 saturated carbocycles. The van der Waals surface area contributed by atoms with E-state index in [1.165, 1.54) is 65.7 Å². The van der Waals surface area contributed by atoms with E-state index in [1.54, 1.807) is 0 Å². The van der Waals surface area contributed by atoms with Gasteiger partial charge in [-0.15, -0.1) is 0 Å². The molecule has 0 radical (unpaired) electrons. The fraction of sp³-hybridized carbons (Fsp3) is 0. The lowest BCUT2D eigenvalue weighted by Crippen LogP contribution is -2.00. The molecule has 0 saturated heterocycles. The first-order chi connectivity index (χ1) is 72.7. The zero-order chi connectivity index (χ0) is 96.9. The SMILES string of the molecule is c1ccc(-c2ccc3ccc(-c4nc(-c5ccc6ccccc6c5)nc(-c5ccc6c(c5)oc5cc7ccccc7cc56)n4)cc3c2)cc1.c1ccc(-c2ccc3ccc(-c4nc(-c5ccc6ccccc6c5)nc(-c5ccc6oc7cc8ccccc8cc7c6c5)n4)cc3c2)cc1.c1ccc(-c2ccc3ccc(-c4nc(-c5ccc6ccccc6c5)nc(-c5cccc6c5oc5cc7ccccc7cc56)n4)cc3c2)cc1. The highest BCUT2D eigenvalue weighted by Gasteiger charge is 2.24. The number of hydrogen-bond donors (Lipinski definition) is 0. The fourth-order valence-electron chi connectivity index (χ4n) is 20.7. The van der Waals surface area contributed by atoms with Gasteiger partial charge < -0.3 is 13.3 Å². The van der Waals surface area contributed by atoms with Gasteiger partial charge in [-0.2, -0.15) is 0 Å². The van der Waals surface area contributed by atoms with Crippen LogP contribution in [0.1, 0.15) is 0 Å². The van der Waals surface area contributed by atoms with Crippen molar-refractivity contribution >= 4 is 163 Å². The first-order valence-corrected chi connectivity index (χ1v) is 49.3. The van der Waals surface area contributed by atoms with E-state index in [4.69, 9.17) is 58.1 Å². The van der Waals surface area contributed by atoms with Crippen molar-refractivity contribution in [3.8, 4) is 136 Å². The topological polar surface area (TPSA) is 155 Å². The smallest absolute Gasteiger partial charge is 0.167 e. The lowest BCUT2D eigenvalue weighted by atomic mass is 9.99. The molecule has 0 bridgehead atoms. The van der Waals surface area contributed by atoms with Crippen molar-refractivity contribution in [2.24, 2.45) is 0 Å². The molecule has 0 aliphatic rings. The lowest BCUT2D eigenvalue weighted by molar-refractivity contribution is 0.669. The maximum Gasteiger partial charge on any atom is 0.167 e. The van der Waals surface area contributed by atoms with Gasteiger partial charge in [-0.05, 0) is 258 Å². The quantitative estimate of drug-likeness (QED) is 0.114. The zero-order valence-corrected chi connectivity index (χ0v) is 79.0. The van der Waals surface area contributed by atoms with Gasteiger partial charge in [0.15, 0.2) is 52.4 Å². The standard InChI is InChI=1S/3C45H27N3O/c1-2-9-28(10-3-1)34-20-17-30-19-22-36(25-37(30)24-34)44-46-43(35-21-18-29-11-4-5-12-31(29)23-35)47-45(48-44)39-16-8-15-38-40-26-32-13-6-7-14-33(32)27-41(40)49-42(38)39;1-2-8-28(9-3-1)34-17-14-30-16-19-36(24-38(30)23-34)44-46-43(35-18-15-29-10-4-5-11-31(29)22-35)47-45(48-44)37-20-21-41-39(26-37)40-25-32-12-6-7-13-33(32)27-42(40)49-41;1-2-8-28(9-3-1)34-17-14-30-16-19-36(24-38(30)23-34)44-46-43(35-18-15-29-10-4-5-11-31(29)22-35)47-45(48-44)37-20-21-39-40-25-32-12-6-7-13-33(32)26-42(40)49-41(39)27-37/h3*1-27H. The van der Waals surface area contributed by atoms with Crippen molar-refractivity contribution in [1.29, 1.82) is 0 Å². The van der Waals surface area contributed by atoms with Gasteiger partial charge in [0, 0.05) is 76.8 Å². The van der Waals surface area contributed by atoms with E-state index in [9.17, 15) is 0 Å². The summed E-state index contributed by atoms with van der Waals surface area (Å²) in [6.45, 7) is 0. The number of benzene rings is 24. The van der Waals surface area contributed by atoms with Crippen LogP contribution in [0, 0.1) is 0 Å². The number of aromatic nitrogens is 9. The minimum Gasteiger partial charge on any atom is -0.456 e. The lowest BCUT2D eigenvalue weighted by Gasteiger charge is -2.10. The number of fused-ring (bicyclic) bond motifs is 18. The summed E-state index contributed by atoms with van der Waals surface area (Å²) >= 11 is 0. The molecule has 0 spiro atoms. The van der Waals surface area contributed by atoms with Crippen molar-refractivity contribution in [2.45, 2.75) is 0 Å². The van der Waals surface area contributed by atoms with E-state index in [2.05, 4.69) is 455 Å². The van der Waals surface area contributed by atoms with Gasteiger partial charge >= 0.3 is 0 Å². The Balaban J connectivity index is 0.000000107. The number of rotatable bonds is 12. The molecule has 24 aromatic carbocycles. The van der Waals surface area contributed by atoms with E-state index in [-0.39, 0.29) is 0 Å². The number of nitrogens with zero attached hydrogens (tertiary/aromatic N) is 9. The molecule has 0 amide bonds. The van der Waals surface area contributed by atoms with Crippen molar-refractivity contribution in [2.75, 3.05) is 0 Å². The Bertz CT molecular complexity index is 10500. The normalized spacial score (nSPS) is 11.7. The predicted octanol–water partition coefficient (Wildman–Crippen LogP) is 35.7. The summed E-state index contributed by atoms with van der Waals surface area (Å²) in [6, 6.07) is 171. The summed E-state index contributed by atoms with van der Waals surface area (Å²) in [6.07, 6.45) is 0. The van der Waals surface area contributed by atoms with Crippen LogP contribution in [0.2, 0.25) is 0 Å². The predicted molar refractivity (Wildman–Crippen MR) is 604 cm³/mol. The summed E-state index contributed by atoms with van der Waals surface area (Å²) in [5, 5.41) is 27.2. The first-order valence-electron chi connectivity index (χ1n) is 49.3. The highest BCUT2D eigenvalue weighted by Crippen LogP contribution is 2.44. The van der Waals surface area contributed by atoms with E-state index in [0.717, 1.165) is 181 Å². The molecule has 30 aromatic rings. The highest BCUT2D eigenvalue weighted by atomic mass is 16.3. The number of furan rings is 3. The Hall–Kier alpha value is -20.0. The van der Waals surface area contributed by atoms with Crippen molar-refractivity contribution < 1.29 is 13.3 Å². The van der Waals surface area contributed by atoms with Gasteiger partial charge in [0.1, 0.15) is 33.5 Å². The Kier molecular flexibility index (Phi) is 20.6. The average molecular weight is 1880 g/mol. The monoisotopic (exact) mass is 1880 g/mol. The molecule has 6 aromatic heterocycles. The Labute approximate surface area is 842 Å². The van der Waals surface area contributed by atoms with Gasteiger partial charge in [-0.25, -0.2) is 44.9 Å². The van der Waals surface area contributed by atoms with E-state index in [0.29, 0.717) is 52.4 Å². The minimum atomic E-state index is 0.570. The number of hydrogen-bond acceptors (Lipinski definition) is 12. The summed E-state index contributed by atoms with van der Waals surface area (Å²) in [4.78, 5) is 45.9. The summed E-state index contributed by atoms with van der Waals surface area (Å²) in [5.74, 6) is 5.51. The van der Waals surface area contributed by atoms with Crippen molar-refractivity contribution in [1.82, 2.24) is 44.9 Å². The third-order valence-electron chi connectivity index (χ3n) is 28.3. The van der Waals surface area contributed by atoms with Crippen molar-refractivity contribution in [3.63, 3.8) is 0 Å². The van der Waals surface area contributed by atoms with Crippen molar-refractivity contribution in [3.05, 3.63) is 491 Å². The van der Waals surface area contributed by atoms with Crippen LogP contribution in [0.15, 0.2) is 505 Å². The fourth-order valence-corrected chi connectivity index (χ4v) is 20.7. The molecule has 0 fully saturated rings. The van der Waals surface area contributed by atoms with Gasteiger partial charge in [0.2, 0.25) is 0 Å². The van der Waals surface area contributed by atoms with E-state index < -0.39 is 0 Å². The molecule has 30 rings (SSSR count). The van der Waals surface area contributed by atoms with E-state index >= 15 is 0 Å². The molecule has 0 atom stereocenters. The summed E-state index contributed by atoms with van der Waals surface area (Å²) in [7, 11) is 0. The molecule has 12 heteroatoms.